The van der Waals surface area contributed by atoms with E-state index >= 15 is 0 Å². The molecule has 1 aromatic rings. The van der Waals surface area contributed by atoms with Crippen molar-refractivity contribution in [2.24, 2.45) is 0 Å². The van der Waals surface area contributed by atoms with E-state index in [9.17, 15) is 4.79 Å². The van der Waals surface area contributed by atoms with Gasteiger partial charge < -0.3 is 16.0 Å². The quantitative estimate of drug-likeness (QED) is 0.812. The summed E-state index contributed by atoms with van der Waals surface area (Å²) in [4.78, 5) is 14.2. The van der Waals surface area contributed by atoms with Crippen LogP contribution in [0.15, 0.2) is 24.3 Å². The van der Waals surface area contributed by atoms with Gasteiger partial charge in [-0.1, -0.05) is 25.3 Å². The lowest BCUT2D eigenvalue weighted by atomic mass is 9.95. The van der Waals surface area contributed by atoms with E-state index in [-0.39, 0.29) is 5.91 Å². The highest BCUT2D eigenvalue weighted by atomic mass is 16.2. The summed E-state index contributed by atoms with van der Waals surface area (Å²) in [5.74, 6) is 0.112. The van der Waals surface area contributed by atoms with Gasteiger partial charge >= 0.3 is 0 Å². The maximum atomic E-state index is 12.2. The summed E-state index contributed by atoms with van der Waals surface area (Å²) in [6.07, 6.45) is 6.01. The van der Waals surface area contributed by atoms with Gasteiger partial charge in [-0.2, -0.15) is 0 Å². The first kappa shape index (κ1) is 14.7. The molecule has 0 aromatic heterocycles. The van der Waals surface area contributed by atoms with Gasteiger partial charge in [0.25, 0.3) is 0 Å². The number of hydrogen-bond donors (Lipinski definition) is 2. The second-order valence-corrected chi connectivity index (χ2v) is 5.51. The molecule has 1 aromatic carbocycles. The van der Waals surface area contributed by atoms with E-state index < -0.39 is 0 Å². The summed E-state index contributed by atoms with van der Waals surface area (Å²) in [5.41, 5.74) is 7.54. The summed E-state index contributed by atoms with van der Waals surface area (Å²) >= 11 is 0. The Hall–Kier alpha value is -1.71. The van der Waals surface area contributed by atoms with Crippen LogP contribution in [0.25, 0.3) is 0 Å². The van der Waals surface area contributed by atoms with Crippen molar-refractivity contribution in [3.8, 4) is 0 Å². The third kappa shape index (κ3) is 4.15. The van der Waals surface area contributed by atoms with Crippen LogP contribution in [0.5, 0.6) is 0 Å². The Morgan fingerprint density at radius 1 is 1.35 bits per heavy atom. The number of nitrogens with two attached hydrogens (primary N) is 1. The van der Waals surface area contributed by atoms with Gasteiger partial charge in [0.1, 0.15) is 0 Å². The molecule has 110 valence electrons. The second-order valence-electron chi connectivity index (χ2n) is 5.51. The summed E-state index contributed by atoms with van der Waals surface area (Å²) in [6, 6.07) is 8.06. The molecule has 20 heavy (non-hydrogen) atoms. The number of likely N-dealkylation sites (N-methyl/N-ethyl adjacent to an activating group) is 1. The molecule has 0 radical (unpaired) electrons. The fraction of sp³-hybridized carbons (Fsp3) is 0.562. The average Bonchev–Trinajstić information content (AvgIpc) is 2.46. The third-order valence-corrected chi connectivity index (χ3v) is 3.92. The molecule has 0 spiro atoms. The zero-order valence-electron chi connectivity index (χ0n) is 12.3. The molecule has 0 aliphatic heterocycles. The van der Waals surface area contributed by atoms with Crippen molar-refractivity contribution in [1.82, 2.24) is 5.32 Å². The minimum absolute atomic E-state index is 0.112. The van der Waals surface area contributed by atoms with E-state index in [4.69, 9.17) is 5.73 Å². The molecule has 0 saturated heterocycles. The van der Waals surface area contributed by atoms with Crippen LogP contribution in [0.2, 0.25) is 0 Å². The van der Waals surface area contributed by atoms with Gasteiger partial charge in [-0.15, -0.1) is 0 Å². The summed E-state index contributed by atoms with van der Waals surface area (Å²) in [6.45, 7) is 3.25. The summed E-state index contributed by atoms with van der Waals surface area (Å²) in [7, 11) is 0. The second kappa shape index (κ2) is 7.17. The fourth-order valence-electron chi connectivity index (χ4n) is 2.80. The van der Waals surface area contributed by atoms with Gasteiger partial charge in [0.2, 0.25) is 5.91 Å². The van der Waals surface area contributed by atoms with Gasteiger partial charge in [-0.05, 0) is 38.0 Å². The van der Waals surface area contributed by atoms with Gasteiger partial charge in [-0.3, -0.25) is 4.79 Å². The molecule has 1 amide bonds. The van der Waals surface area contributed by atoms with E-state index in [1.165, 1.54) is 19.3 Å². The maximum absolute atomic E-state index is 12.2. The standard InChI is InChI=1S/C16H25N3O/c1-2-19(15-10-6-7-13(17)11-15)12-16(20)18-14-8-4-3-5-9-14/h6-7,10-11,14H,2-5,8-9,12,17H2,1H3,(H,18,20). The van der Waals surface area contributed by atoms with Crippen molar-refractivity contribution in [2.75, 3.05) is 23.7 Å². The third-order valence-electron chi connectivity index (χ3n) is 3.92. The van der Waals surface area contributed by atoms with Crippen LogP contribution < -0.4 is 16.0 Å². The van der Waals surface area contributed by atoms with E-state index in [1.807, 2.05) is 24.3 Å². The number of nitrogens with zero attached hydrogens (tertiary/aromatic N) is 1. The molecule has 3 N–H and O–H groups in total. The van der Waals surface area contributed by atoms with Gasteiger partial charge in [-0.25, -0.2) is 0 Å². The molecule has 0 bridgehead atoms. The van der Waals surface area contributed by atoms with E-state index in [2.05, 4.69) is 17.1 Å². The van der Waals surface area contributed by atoms with Crippen molar-refractivity contribution >= 4 is 17.3 Å². The number of nitrogens with one attached hydrogen (secondary N) is 1. The number of amides is 1. The highest BCUT2D eigenvalue weighted by molar-refractivity contribution is 5.81. The topological polar surface area (TPSA) is 58.4 Å². The lowest BCUT2D eigenvalue weighted by Gasteiger charge is -2.26. The first-order valence-electron chi connectivity index (χ1n) is 7.59. The van der Waals surface area contributed by atoms with Crippen LogP contribution >= 0.6 is 0 Å². The van der Waals surface area contributed by atoms with E-state index in [0.29, 0.717) is 12.6 Å². The molecule has 1 saturated carbocycles. The highest BCUT2D eigenvalue weighted by Crippen LogP contribution is 2.19. The number of hydrogen-bond acceptors (Lipinski definition) is 3. The van der Waals surface area contributed by atoms with Crippen LogP contribution in [-0.4, -0.2) is 25.0 Å². The van der Waals surface area contributed by atoms with E-state index in [0.717, 1.165) is 30.8 Å². The predicted molar refractivity (Wildman–Crippen MR) is 83.8 cm³/mol. The Morgan fingerprint density at radius 2 is 2.10 bits per heavy atom. The van der Waals surface area contributed by atoms with Gasteiger partial charge in [0, 0.05) is 24.0 Å². The van der Waals surface area contributed by atoms with Crippen LogP contribution in [-0.2, 0) is 4.79 Å². The van der Waals surface area contributed by atoms with E-state index in [1.54, 1.807) is 0 Å². The molecule has 1 fully saturated rings. The zero-order valence-corrected chi connectivity index (χ0v) is 12.3. The first-order valence-corrected chi connectivity index (χ1v) is 7.59. The number of rotatable bonds is 5. The Morgan fingerprint density at radius 3 is 2.75 bits per heavy atom. The van der Waals surface area contributed by atoms with Crippen molar-refractivity contribution in [1.29, 1.82) is 0 Å². The molecule has 4 heteroatoms. The maximum Gasteiger partial charge on any atom is 0.239 e. The number of nitrogen functional groups attached to an aromatic ring is 1. The molecule has 0 atom stereocenters. The van der Waals surface area contributed by atoms with Crippen LogP contribution in [0.1, 0.15) is 39.0 Å². The summed E-state index contributed by atoms with van der Waals surface area (Å²) < 4.78 is 0. The normalized spacial score (nSPS) is 15.8. The predicted octanol–water partition coefficient (Wildman–Crippen LogP) is 2.54. The van der Waals surface area contributed by atoms with Crippen molar-refractivity contribution in [3.63, 3.8) is 0 Å². The molecular formula is C16H25N3O. The van der Waals surface area contributed by atoms with Crippen LogP contribution in [0.4, 0.5) is 11.4 Å². The Balaban J connectivity index is 1.90. The number of benzene rings is 1. The molecule has 0 unspecified atom stereocenters. The Bertz CT molecular complexity index is 441. The molecule has 2 rings (SSSR count). The molecule has 4 nitrogen and oxygen atoms in total. The lowest BCUT2D eigenvalue weighted by Crippen LogP contribution is -2.43. The molecule has 1 aliphatic rings. The van der Waals surface area contributed by atoms with Gasteiger partial charge in [0.05, 0.1) is 6.54 Å². The molecule has 0 heterocycles. The molecule has 1 aliphatic carbocycles. The number of anilines is 2. The van der Waals surface area contributed by atoms with Crippen LogP contribution in [0.3, 0.4) is 0 Å². The summed E-state index contributed by atoms with van der Waals surface area (Å²) in [5, 5.41) is 3.16. The fourth-order valence-corrected chi connectivity index (χ4v) is 2.80. The Labute approximate surface area is 121 Å². The van der Waals surface area contributed by atoms with Crippen molar-refractivity contribution in [3.05, 3.63) is 24.3 Å². The largest absolute Gasteiger partial charge is 0.399 e. The highest BCUT2D eigenvalue weighted by Gasteiger charge is 2.17. The minimum atomic E-state index is 0.112. The van der Waals surface area contributed by atoms with Crippen molar-refractivity contribution < 1.29 is 4.79 Å². The minimum Gasteiger partial charge on any atom is -0.399 e. The first-order chi connectivity index (χ1) is 9.69. The zero-order chi connectivity index (χ0) is 14.4. The molecular weight excluding hydrogens is 250 g/mol. The van der Waals surface area contributed by atoms with Crippen LogP contribution in [0, 0.1) is 0 Å². The SMILES string of the molecule is CCN(CC(=O)NC1CCCCC1)c1cccc(N)c1. The van der Waals surface area contributed by atoms with Gasteiger partial charge in [0.15, 0.2) is 0 Å². The van der Waals surface area contributed by atoms with Crippen molar-refractivity contribution in [2.45, 2.75) is 45.1 Å². The monoisotopic (exact) mass is 275 g/mol. The Kier molecular flexibility index (Phi) is 5.27. The smallest absolute Gasteiger partial charge is 0.239 e. The average molecular weight is 275 g/mol. The lowest BCUT2D eigenvalue weighted by molar-refractivity contribution is -0.120. The number of carbonyl (C=O) groups is 1. The number of carbonyl (C=O) groups excluding carboxylic acids is 1.